The van der Waals surface area contributed by atoms with Crippen molar-refractivity contribution >= 4 is 16.7 Å². The normalized spacial score (nSPS) is 18.5. The summed E-state index contributed by atoms with van der Waals surface area (Å²) >= 11 is 0. The summed E-state index contributed by atoms with van der Waals surface area (Å²) in [5.74, 6) is 1.31. The number of fused-ring (bicyclic) bond motifs is 1. The van der Waals surface area contributed by atoms with Crippen LogP contribution < -0.4 is 10.5 Å². The lowest BCUT2D eigenvalue weighted by molar-refractivity contribution is 0.0995. The molecule has 0 saturated heterocycles. The summed E-state index contributed by atoms with van der Waals surface area (Å²) in [6, 6.07) is 15.8. The minimum atomic E-state index is -0.471. The molecular formula is C27H30N2O2. The zero-order chi connectivity index (χ0) is 21.3. The Kier molecular flexibility index (Phi) is 5.39. The second kappa shape index (κ2) is 8.33. The van der Waals surface area contributed by atoms with Crippen LogP contribution in [0.1, 0.15) is 67.4 Å². The fraction of sp³-hybridized carbons (Fsp3) is 0.407. The summed E-state index contributed by atoms with van der Waals surface area (Å²) in [4.78, 5) is 17.0. The average molecular weight is 415 g/mol. The van der Waals surface area contributed by atoms with Crippen molar-refractivity contribution in [2.45, 2.75) is 57.8 Å². The molecule has 2 N–H and O–H groups in total. The topological polar surface area (TPSA) is 65.2 Å². The first-order valence-electron chi connectivity index (χ1n) is 11.6. The van der Waals surface area contributed by atoms with Crippen molar-refractivity contribution in [2.24, 2.45) is 17.1 Å². The quantitative estimate of drug-likeness (QED) is 0.524. The molecule has 2 fully saturated rings. The number of amides is 1. The first-order valence-corrected chi connectivity index (χ1v) is 11.6. The van der Waals surface area contributed by atoms with Crippen LogP contribution in [-0.2, 0) is 6.42 Å². The number of aromatic nitrogens is 1. The summed E-state index contributed by atoms with van der Waals surface area (Å²) in [6.07, 6.45) is 13.2. The molecule has 2 aliphatic carbocycles. The van der Waals surface area contributed by atoms with Gasteiger partial charge in [-0.3, -0.25) is 9.78 Å². The third kappa shape index (κ3) is 4.04. The SMILES string of the molecule is NC(=O)c1c(Oc2cccc3ccccc23)ccnc1CC1CCC2(CCCC2)CC1. The Hall–Kier alpha value is -2.88. The molecule has 4 nitrogen and oxygen atoms in total. The maximum absolute atomic E-state index is 12.4. The predicted molar refractivity (Wildman–Crippen MR) is 123 cm³/mol. The van der Waals surface area contributed by atoms with E-state index in [4.69, 9.17) is 10.5 Å². The molecule has 4 heteroatoms. The Bertz CT molecular complexity index is 1090. The Morgan fingerprint density at radius 2 is 1.71 bits per heavy atom. The Balaban J connectivity index is 1.39. The lowest BCUT2D eigenvalue weighted by atomic mass is 9.68. The first kappa shape index (κ1) is 20.0. The van der Waals surface area contributed by atoms with Gasteiger partial charge in [-0.2, -0.15) is 0 Å². The van der Waals surface area contributed by atoms with Crippen molar-refractivity contribution < 1.29 is 9.53 Å². The molecule has 0 bridgehead atoms. The van der Waals surface area contributed by atoms with Crippen LogP contribution in [0, 0.1) is 11.3 Å². The minimum absolute atomic E-state index is 0.427. The van der Waals surface area contributed by atoms with E-state index in [1.54, 1.807) is 12.3 Å². The molecule has 31 heavy (non-hydrogen) atoms. The maximum atomic E-state index is 12.4. The van der Waals surface area contributed by atoms with Crippen molar-refractivity contribution in [3.63, 3.8) is 0 Å². The van der Waals surface area contributed by atoms with Crippen molar-refractivity contribution in [1.82, 2.24) is 4.98 Å². The monoisotopic (exact) mass is 414 g/mol. The predicted octanol–water partition coefficient (Wildman–Crippen LogP) is 6.42. The van der Waals surface area contributed by atoms with E-state index in [9.17, 15) is 4.79 Å². The van der Waals surface area contributed by atoms with Gasteiger partial charge >= 0.3 is 0 Å². The van der Waals surface area contributed by atoms with E-state index in [-0.39, 0.29) is 0 Å². The highest BCUT2D eigenvalue weighted by atomic mass is 16.5. The molecule has 0 unspecified atom stereocenters. The van der Waals surface area contributed by atoms with Gasteiger partial charge in [0.25, 0.3) is 5.91 Å². The number of rotatable bonds is 5. The lowest BCUT2D eigenvalue weighted by Gasteiger charge is -2.37. The number of pyridine rings is 1. The maximum Gasteiger partial charge on any atom is 0.254 e. The van der Waals surface area contributed by atoms with Gasteiger partial charge in [-0.25, -0.2) is 0 Å². The summed E-state index contributed by atoms with van der Waals surface area (Å²) in [5, 5.41) is 2.10. The molecule has 2 aromatic carbocycles. The molecule has 1 amide bonds. The number of nitrogens with zero attached hydrogens (tertiary/aromatic N) is 1. The highest BCUT2D eigenvalue weighted by molar-refractivity contribution is 5.97. The Morgan fingerprint density at radius 3 is 2.48 bits per heavy atom. The number of hydrogen-bond donors (Lipinski definition) is 1. The fourth-order valence-electron chi connectivity index (χ4n) is 5.78. The van der Waals surface area contributed by atoms with E-state index in [1.807, 2.05) is 30.3 Å². The van der Waals surface area contributed by atoms with E-state index < -0.39 is 5.91 Å². The van der Waals surface area contributed by atoms with Crippen molar-refractivity contribution in [1.29, 1.82) is 0 Å². The zero-order valence-electron chi connectivity index (χ0n) is 18.0. The molecule has 3 aromatic rings. The van der Waals surface area contributed by atoms with Gasteiger partial charge in [0.1, 0.15) is 17.1 Å². The summed E-state index contributed by atoms with van der Waals surface area (Å²) in [5.41, 5.74) is 7.63. The van der Waals surface area contributed by atoms with Crippen molar-refractivity contribution in [3.8, 4) is 11.5 Å². The number of ether oxygens (including phenoxy) is 1. The number of carbonyl (C=O) groups excluding carboxylic acids is 1. The highest BCUT2D eigenvalue weighted by Crippen LogP contribution is 2.50. The molecule has 0 radical (unpaired) electrons. The molecule has 160 valence electrons. The smallest absolute Gasteiger partial charge is 0.254 e. The molecule has 1 heterocycles. The van der Waals surface area contributed by atoms with E-state index in [2.05, 4.69) is 17.1 Å². The number of benzene rings is 2. The van der Waals surface area contributed by atoms with Gasteiger partial charge in [0.15, 0.2) is 0 Å². The summed E-state index contributed by atoms with van der Waals surface area (Å²) in [6.45, 7) is 0. The number of nitrogens with two attached hydrogens (primary N) is 1. The van der Waals surface area contributed by atoms with Gasteiger partial charge in [-0.05, 0) is 73.8 Å². The van der Waals surface area contributed by atoms with Crippen molar-refractivity contribution in [2.75, 3.05) is 0 Å². The van der Waals surface area contributed by atoms with Gasteiger partial charge in [-0.15, -0.1) is 0 Å². The molecule has 1 spiro atoms. The van der Waals surface area contributed by atoms with Crippen LogP contribution in [0.3, 0.4) is 0 Å². The largest absolute Gasteiger partial charge is 0.456 e. The van der Waals surface area contributed by atoms with E-state index in [0.717, 1.165) is 28.6 Å². The molecular weight excluding hydrogens is 384 g/mol. The molecule has 0 atom stereocenters. The summed E-state index contributed by atoms with van der Waals surface area (Å²) in [7, 11) is 0. The first-order chi connectivity index (χ1) is 15.1. The fourth-order valence-corrected chi connectivity index (χ4v) is 5.78. The standard InChI is InChI=1S/C27H30N2O2/c28-26(30)25-22(18-19-10-15-27(16-11-19)13-3-4-14-27)29-17-12-24(25)31-23-9-5-7-20-6-1-2-8-21(20)23/h1-2,5-9,12,17,19H,3-4,10-11,13-16,18H2,(H2,28,30). The molecule has 1 aromatic heterocycles. The van der Waals surface area contributed by atoms with Crippen LogP contribution in [0.2, 0.25) is 0 Å². The van der Waals surface area contributed by atoms with Crippen LogP contribution in [0.25, 0.3) is 10.8 Å². The third-order valence-corrected chi connectivity index (χ3v) is 7.52. The van der Waals surface area contributed by atoms with Gasteiger partial charge in [0.2, 0.25) is 0 Å². The average Bonchev–Trinajstić information content (AvgIpc) is 3.24. The third-order valence-electron chi connectivity index (χ3n) is 7.52. The minimum Gasteiger partial charge on any atom is -0.456 e. The van der Waals surface area contributed by atoms with Crippen LogP contribution in [-0.4, -0.2) is 10.9 Å². The number of primary amides is 1. The summed E-state index contributed by atoms with van der Waals surface area (Å²) < 4.78 is 6.25. The van der Waals surface area contributed by atoms with E-state index in [1.165, 1.54) is 51.4 Å². The lowest BCUT2D eigenvalue weighted by Crippen LogP contribution is -2.26. The van der Waals surface area contributed by atoms with Crippen LogP contribution in [0.5, 0.6) is 11.5 Å². The molecule has 0 aliphatic heterocycles. The second-order valence-corrected chi connectivity index (χ2v) is 9.43. The molecule has 2 saturated carbocycles. The van der Waals surface area contributed by atoms with Crippen molar-refractivity contribution in [3.05, 3.63) is 66.0 Å². The van der Waals surface area contributed by atoms with Crippen LogP contribution in [0.15, 0.2) is 54.7 Å². The van der Waals surface area contributed by atoms with E-state index in [0.29, 0.717) is 22.6 Å². The second-order valence-electron chi connectivity index (χ2n) is 9.43. The number of hydrogen-bond acceptors (Lipinski definition) is 3. The Morgan fingerprint density at radius 1 is 0.968 bits per heavy atom. The van der Waals surface area contributed by atoms with Gasteiger partial charge in [0, 0.05) is 11.6 Å². The van der Waals surface area contributed by atoms with E-state index >= 15 is 0 Å². The Labute approximate surface area is 183 Å². The van der Waals surface area contributed by atoms with Gasteiger partial charge < -0.3 is 10.5 Å². The highest BCUT2D eigenvalue weighted by Gasteiger charge is 2.37. The number of carbonyl (C=O) groups is 1. The molecule has 5 rings (SSSR count). The zero-order valence-corrected chi connectivity index (χ0v) is 18.0. The van der Waals surface area contributed by atoms with Gasteiger partial charge in [0.05, 0.1) is 5.69 Å². The van der Waals surface area contributed by atoms with Gasteiger partial charge in [-0.1, -0.05) is 49.2 Å². The van der Waals surface area contributed by atoms with Crippen LogP contribution >= 0.6 is 0 Å². The molecule has 2 aliphatic rings. The van der Waals surface area contributed by atoms with Crippen LogP contribution in [0.4, 0.5) is 0 Å².